The van der Waals surface area contributed by atoms with Crippen LogP contribution in [-0.4, -0.2) is 20.8 Å². The third-order valence-electron chi connectivity index (χ3n) is 3.23. The third-order valence-corrected chi connectivity index (χ3v) is 3.23. The van der Waals surface area contributed by atoms with Gasteiger partial charge in [-0.1, -0.05) is 0 Å². The molecule has 0 bridgehead atoms. The van der Waals surface area contributed by atoms with Gasteiger partial charge in [-0.3, -0.25) is 4.79 Å². The first-order valence-corrected chi connectivity index (χ1v) is 5.96. The second-order valence-electron chi connectivity index (χ2n) is 4.49. The van der Waals surface area contributed by atoms with Crippen molar-refractivity contribution in [3.63, 3.8) is 0 Å². The maximum absolute atomic E-state index is 11.1. The van der Waals surface area contributed by atoms with Crippen molar-refractivity contribution in [3.8, 4) is 11.3 Å². The van der Waals surface area contributed by atoms with Gasteiger partial charge in [-0.15, -0.1) is 0 Å². The zero-order valence-electron chi connectivity index (χ0n) is 11.0. The Morgan fingerprint density at radius 2 is 2.05 bits per heavy atom. The fraction of sp³-hybridized carbons (Fsp3) is 0.214. The van der Waals surface area contributed by atoms with Gasteiger partial charge in [0.05, 0.1) is 5.69 Å². The summed E-state index contributed by atoms with van der Waals surface area (Å²) in [5.74, 6) is 1.43. The first-order valence-electron chi connectivity index (χ1n) is 5.96. The molecule has 0 saturated heterocycles. The molecule has 3 aromatic rings. The molecule has 0 radical (unpaired) electrons. The van der Waals surface area contributed by atoms with Crippen LogP contribution in [0.2, 0.25) is 0 Å². The molecule has 96 valence electrons. The van der Waals surface area contributed by atoms with E-state index in [1.807, 2.05) is 43.7 Å². The van der Waals surface area contributed by atoms with E-state index in [0.29, 0.717) is 11.6 Å². The molecule has 3 rings (SSSR count). The molecule has 2 aromatic heterocycles. The summed E-state index contributed by atoms with van der Waals surface area (Å²) in [6.07, 6.45) is 0.778. The average molecular weight is 255 g/mol. The van der Waals surface area contributed by atoms with Crippen molar-refractivity contribution in [1.82, 2.24) is 14.5 Å². The number of carbonyl (C=O) groups excluding carboxylic acids is 1. The molecule has 0 fully saturated rings. The van der Waals surface area contributed by atoms with Gasteiger partial charge in [0, 0.05) is 19.5 Å². The Kier molecular flexibility index (Phi) is 2.48. The summed E-state index contributed by atoms with van der Waals surface area (Å²) < 4.78 is 7.35. The number of imidazole rings is 1. The Morgan fingerprint density at radius 3 is 2.79 bits per heavy atom. The van der Waals surface area contributed by atoms with Gasteiger partial charge < -0.3 is 8.98 Å². The van der Waals surface area contributed by atoms with Crippen LogP contribution in [0.3, 0.4) is 0 Å². The summed E-state index contributed by atoms with van der Waals surface area (Å²) in [7, 11) is 1.89. The highest BCUT2D eigenvalue weighted by Gasteiger charge is 2.15. The molecule has 0 unspecified atom stereocenters. The number of benzene rings is 1. The van der Waals surface area contributed by atoms with Gasteiger partial charge in [0.2, 0.25) is 0 Å². The fourth-order valence-electron chi connectivity index (χ4n) is 2.25. The van der Waals surface area contributed by atoms with Crippen LogP contribution in [0, 0.1) is 13.8 Å². The van der Waals surface area contributed by atoms with E-state index >= 15 is 0 Å². The number of hydrogen-bond donors (Lipinski definition) is 0. The number of hydrogen-bond acceptors (Lipinski definition) is 4. The van der Waals surface area contributed by atoms with E-state index in [1.165, 1.54) is 0 Å². The number of carbonyl (C=O) groups is 1. The summed E-state index contributed by atoms with van der Waals surface area (Å²) in [6.45, 7) is 3.68. The zero-order valence-corrected chi connectivity index (χ0v) is 11.0. The van der Waals surface area contributed by atoms with Crippen molar-refractivity contribution >= 4 is 17.4 Å². The minimum absolute atomic E-state index is 0.444. The minimum atomic E-state index is 0.444. The van der Waals surface area contributed by atoms with Crippen LogP contribution in [0.4, 0.5) is 0 Å². The molecule has 1 aromatic carbocycles. The number of aromatic nitrogens is 3. The van der Waals surface area contributed by atoms with Gasteiger partial charge in [0.25, 0.3) is 0 Å². The topological polar surface area (TPSA) is 60.9 Å². The second kappa shape index (κ2) is 4.05. The van der Waals surface area contributed by atoms with E-state index < -0.39 is 0 Å². The van der Waals surface area contributed by atoms with Gasteiger partial charge in [-0.05, 0) is 25.1 Å². The number of nitrogens with zero attached hydrogens (tertiary/aromatic N) is 3. The van der Waals surface area contributed by atoms with E-state index in [9.17, 15) is 4.79 Å². The van der Waals surface area contributed by atoms with Gasteiger partial charge in [0.1, 0.15) is 17.0 Å². The van der Waals surface area contributed by atoms with Crippen LogP contribution in [0.5, 0.6) is 0 Å². The van der Waals surface area contributed by atoms with E-state index in [-0.39, 0.29) is 0 Å². The molecular formula is C14H13N3O2. The molecule has 0 amide bonds. The number of aryl methyl sites for hydroxylation is 2. The lowest BCUT2D eigenvalue weighted by Crippen LogP contribution is -1.95. The Morgan fingerprint density at radius 1 is 1.26 bits per heavy atom. The highest BCUT2D eigenvalue weighted by atomic mass is 16.3. The van der Waals surface area contributed by atoms with Crippen molar-refractivity contribution < 1.29 is 9.21 Å². The quantitative estimate of drug-likeness (QED) is 0.660. The largest absolute Gasteiger partial charge is 0.441 e. The Hall–Kier alpha value is -2.43. The van der Waals surface area contributed by atoms with Crippen molar-refractivity contribution in [2.24, 2.45) is 7.05 Å². The van der Waals surface area contributed by atoms with Crippen LogP contribution in [0.15, 0.2) is 22.6 Å². The van der Waals surface area contributed by atoms with Crippen molar-refractivity contribution in [2.75, 3.05) is 0 Å². The summed E-state index contributed by atoms with van der Waals surface area (Å²) in [5.41, 5.74) is 3.68. The van der Waals surface area contributed by atoms with Gasteiger partial charge >= 0.3 is 0 Å². The van der Waals surface area contributed by atoms with E-state index in [0.717, 1.165) is 34.5 Å². The molecule has 5 nitrogen and oxygen atoms in total. The first-order chi connectivity index (χ1) is 9.10. The smallest absolute Gasteiger partial charge is 0.192 e. The number of aldehydes is 1. The highest BCUT2D eigenvalue weighted by molar-refractivity contribution is 5.87. The van der Waals surface area contributed by atoms with Crippen LogP contribution < -0.4 is 0 Å². The minimum Gasteiger partial charge on any atom is -0.441 e. The molecule has 0 aliphatic heterocycles. The normalized spacial score (nSPS) is 11.1. The molecule has 2 heterocycles. The highest BCUT2D eigenvalue weighted by Crippen LogP contribution is 2.27. The van der Waals surface area contributed by atoms with Crippen molar-refractivity contribution in [3.05, 3.63) is 35.6 Å². The number of rotatable bonds is 2. The van der Waals surface area contributed by atoms with E-state index in [4.69, 9.17) is 4.42 Å². The van der Waals surface area contributed by atoms with Crippen LogP contribution in [0.25, 0.3) is 22.4 Å². The molecule has 5 heteroatoms. The first kappa shape index (κ1) is 11.6. The summed E-state index contributed by atoms with van der Waals surface area (Å²) in [6, 6.07) is 5.69. The Bertz CT molecular complexity index is 783. The van der Waals surface area contributed by atoms with Crippen LogP contribution in [-0.2, 0) is 7.05 Å². The maximum Gasteiger partial charge on any atom is 0.192 e. The summed E-state index contributed by atoms with van der Waals surface area (Å²) >= 11 is 0. The lowest BCUT2D eigenvalue weighted by Gasteiger charge is -2.04. The number of fused-ring (bicyclic) bond motifs is 1. The number of oxazole rings is 1. The Balaban J connectivity index is 2.26. The fourth-order valence-corrected chi connectivity index (χ4v) is 2.25. The predicted octanol–water partition coefficient (Wildman–Crippen LogP) is 2.66. The molecule has 0 atom stereocenters. The zero-order chi connectivity index (χ0) is 13.6. The average Bonchev–Trinajstić information content (AvgIpc) is 2.88. The maximum atomic E-state index is 11.1. The van der Waals surface area contributed by atoms with E-state index in [2.05, 4.69) is 9.97 Å². The lowest BCUT2D eigenvalue weighted by molar-refractivity contribution is 0.112. The molecular weight excluding hydrogens is 242 g/mol. The van der Waals surface area contributed by atoms with Crippen molar-refractivity contribution in [2.45, 2.75) is 13.8 Å². The summed E-state index contributed by atoms with van der Waals surface area (Å²) in [4.78, 5) is 19.7. The SMILES string of the molecule is Cc1nc2cc(-c3c(C=O)nc(C)n3C)ccc2o1. The van der Waals surface area contributed by atoms with Gasteiger partial charge in [0.15, 0.2) is 17.8 Å². The molecule has 0 saturated carbocycles. The molecule has 0 aliphatic rings. The van der Waals surface area contributed by atoms with Crippen LogP contribution in [0.1, 0.15) is 22.2 Å². The standard InChI is InChI=1S/C14H13N3O2/c1-8-15-12(7-18)14(17(8)3)10-4-5-13-11(6-10)16-9(2)19-13/h4-7H,1-3H3. The molecule has 0 aliphatic carbocycles. The summed E-state index contributed by atoms with van der Waals surface area (Å²) in [5, 5.41) is 0. The second-order valence-corrected chi connectivity index (χ2v) is 4.49. The van der Waals surface area contributed by atoms with Gasteiger partial charge in [-0.25, -0.2) is 9.97 Å². The molecule has 0 N–H and O–H groups in total. The lowest BCUT2D eigenvalue weighted by atomic mass is 10.1. The molecule has 19 heavy (non-hydrogen) atoms. The van der Waals surface area contributed by atoms with E-state index in [1.54, 1.807) is 0 Å². The third kappa shape index (κ3) is 1.74. The van der Waals surface area contributed by atoms with Crippen molar-refractivity contribution in [1.29, 1.82) is 0 Å². The van der Waals surface area contributed by atoms with Gasteiger partial charge in [-0.2, -0.15) is 0 Å². The Labute approximate surface area is 109 Å². The van der Waals surface area contributed by atoms with Crippen LogP contribution >= 0.6 is 0 Å². The predicted molar refractivity (Wildman–Crippen MR) is 71.1 cm³/mol. The molecule has 0 spiro atoms. The monoisotopic (exact) mass is 255 g/mol.